The lowest BCUT2D eigenvalue weighted by atomic mass is 10.0. The fourth-order valence-corrected chi connectivity index (χ4v) is 1.93. The lowest BCUT2D eigenvalue weighted by Crippen LogP contribution is -2.13. The van der Waals surface area contributed by atoms with Gasteiger partial charge in [-0.1, -0.05) is 23.7 Å². The Morgan fingerprint density at radius 2 is 1.79 bits per heavy atom. The van der Waals surface area contributed by atoms with Gasteiger partial charge in [-0.2, -0.15) is 0 Å². The van der Waals surface area contributed by atoms with Crippen LogP contribution >= 0.6 is 11.6 Å². The lowest BCUT2D eigenvalue weighted by Gasteiger charge is -2.15. The van der Waals surface area contributed by atoms with E-state index in [1.165, 1.54) is 0 Å². The molecule has 19 heavy (non-hydrogen) atoms. The molecule has 0 aliphatic rings. The van der Waals surface area contributed by atoms with E-state index in [2.05, 4.69) is 4.98 Å². The molecule has 2 rings (SSSR count). The molecular formula is C15H17ClN2O. The zero-order valence-corrected chi connectivity index (χ0v) is 11.8. The summed E-state index contributed by atoms with van der Waals surface area (Å²) >= 11 is 5.87. The first-order valence-electron chi connectivity index (χ1n) is 6.19. The molecular weight excluding hydrogens is 260 g/mol. The van der Waals surface area contributed by atoms with Crippen molar-refractivity contribution in [2.75, 3.05) is 0 Å². The van der Waals surface area contributed by atoms with Crippen LogP contribution in [-0.2, 0) is 0 Å². The molecule has 0 amide bonds. The molecule has 0 spiro atoms. The highest BCUT2D eigenvalue weighted by molar-refractivity contribution is 6.30. The van der Waals surface area contributed by atoms with E-state index in [9.17, 15) is 0 Å². The summed E-state index contributed by atoms with van der Waals surface area (Å²) < 4.78 is 5.62. The third kappa shape index (κ3) is 3.69. The maximum Gasteiger partial charge on any atom is 0.138 e. The van der Waals surface area contributed by atoms with Crippen LogP contribution in [0.15, 0.2) is 42.7 Å². The Bertz CT molecular complexity index is 540. The number of halogens is 1. The summed E-state index contributed by atoms with van der Waals surface area (Å²) in [4.78, 5) is 4.17. The maximum absolute atomic E-state index is 6.23. The van der Waals surface area contributed by atoms with Crippen molar-refractivity contribution in [2.45, 2.75) is 26.0 Å². The van der Waals surface area contributed by atoms with Gasteiger partial charge in [0.15, 0.2) is 0 Å². The first-order chi connectivity index (χ1) is 9.06. The summed E-state index contributed by atoms with van der Waals surface area (Å²) in [7, 11) is 0. The van der Waals surface area contributed by atoms with Crippen LogP contribution in [0.3, 0.4) is 0 Å². The molecule has 2 N–H and O–H groups in total. The van der Waals surface area contributed by atoms with E-state index in [1.807, 2.05) is 44.2 Å². The minimum absolute atomic E-state index is 0.115. The van der Waals surface area contributed by atoms with Gasteiger partial charge in [-0.05, 0) is 43.2 Å². The zero-order valence-electron chi connectivity index (χ0n) is 11.0. The topological polar surface area (TPSA) is 48.1 Å². The average Bonchev–Trinajstić information content (AvgIpc) is 2.38. The van der Waals surface area contributed by atoms with Gasteiger partial charge in [0.1, 0.15) is 5.75 Å². The minimum Gasteiger partial charge on any atom is -0.489 e. The van der Waals surface area contributed by atoms with Crippen molar-refractivity contribution in [2.24, 2.45) is 5.73 Å². The largest absolute Gasteiger partial charge is 0.489 e. The third-order valence-corrected chi connectivity index (χ3v) is 2.95. The molecule has 1 atom stereocenters. The average molecular weight is 277 g/mol. The maximum atomic E-state index is 6.23. The summed E-state index contributed by atoms with van der Waals surface area (Å²) in [5, 5.41) is 0.700. The number of benzene rings is 1. The highest BCUT2D eigenvalue weighted by Gasteiger charge is 2.10. The van der Waals surface area contributed by atoms with Crippen molar-refractivity contribution in [1.29, 1.82) is 0 Å². The second kappa shape index (κ2) is 6.04. The van der Waals surface area contributed by atoms with Gasteiger partial charge in [0.05, 0.1) is 18.3 Å². The molecule has 1 unspecified atom stereocenters. The molecule has 0 radical (unpaired) electrons. The molecule has 0 aliphatic heterocycles. The Morgan fingerprint density at radius 1 is 1.11 bits per heavy atom. The van der Waals surface area contributed by atoms with Crippen molar-refractivity contribution < 1.29 is 4.74 Å². The number of hydrogen-bond donors (Lipinski definition) is 1. The first-order valence-corrected chi connectivity index (χ1v) is 6.56. The van der Waals surface area contributed by atoms with Gasteiger partial charge in [-0.25, -0.2) is 0 Å². The minimum atomic E-state index is -0.236. The zero-order chi connectivity index (χ0) is 13.8. The molecule has 4 heteroatoms. The van der Waals surface area contributed by atoms with Crippen molar-refractivity contribution in [3.05, 3.63) is 58.9 Å². The van der Waals surface area contributed by atoms with Gasteiger partial charge in [0.2, 0.25) is 0 Å². The summed E-state index contributed by atoms with van der Waals surface area (Å²) in [6.07, 6.45) is 3.56. The van der Waals surface area contributed by atoms with E-state index < -0.39 is 0 Å². The van der Waals surface area contributed by atoms with E-state index in [4.69, 9.17) is 22.1 Å². The number of rotatable bonds is 4. The molecule has 3 nitrogen and oxygen atoms in total. The Morgan fingerprint density at radius 3 is 2.42 bits per heavy atom. The molecule has 1 heterocycles. The summed E-state index contributed by atoms with van der Waals surface area (Å²) in [5.41, 5.74) is 8.14. The molecule has 0 aliphatic carbocycles. The van der Waals surface area contributed by atoms with Crippen molar-refractivity contribution >= 4 is 11.6 Å². The number of hydrogen-bond acceptors (Lipinski definition) is 3. The van der Waals surface area contributed by atoms with E-state index in [-0.39, 0.29) is 12.1 Å². The number of pyridine rings is 1. The number of ether oxygens (including phenoxy) is 1. The van der Waals surface area contributed by atoms with Gasteiger partial charge in [0, 0.05) is 11.2 Å². The van der Waals surface area contributed by atoms with Crippen molar-refractivity contribution in [1.82, 2.24) is 4.98 Å². The van der Waals surface area contributed by atoms with Crippen LogP contribution in [0.1, 0.15) is 31.0 Å². The standard InChI is InChI=1S/C15H17ClN2O/c1-10(2)19-14-7-12(8-18-9-14)15(17)11-3-5-13(16)6-4-11/h3-10,15H,17H2,1-2H3. The SMILES string of the molecule is CC(C)Oc1cncc(C(N)c2ccc(Cl)cc2)c1. The van der Waals surface area contributed by atoms with Crippen molar-refractivity contribution in [3.63, 3.8) is 0 Å². The van der Waals surface area contributed by atoms with Gasteiger partial charge in [0.25, 0.3) is 0 Å². The van der Waals surface area contributed by atoms with Crippen LogP contribution in [0.2, 0.25) is 5.02 Å². The highest BCUT2D eigenvalue weighted by Crippen LogP contribution is 2.23. The van der Waals surface area contributed by atoms with Crippen LogP contribution in [0.4, 0.5) is 0 Å². The number of nitrogens with zero attached hydrogens (tertiary/aromatic N) is 1. The quantitative estimate of drug-likeness (QED) is 0.929. The van der Waals surface area contributed by atoms with Crippen LogP contribution in [0, 0.1) is 0 Å². The second-order valence-electron chi connectivity index (χ2n) is 4.65. The van der Waals surface area contributed by atoms with E-state index in [1.54, 1.807) is 12.4 Å². The molecule has 0 bridgehead atoms. The first kappa shape index (κ1) is 13.8. The van der Waals surface area contributed by atoms with E-state index >= 15 is 0 Å². The molecule has 100 valence electrons. The predicted molar refractivity (Wildman–Crippen MR) is 77.5 cm³/mol. The monoisotopic (exact) mass is 276 g/mol. The Kier molecular flexibility index (Phi) is 4.40. The molecule has 2 aromatic rings. The Balaban J connectivity index is 2.23. The smallest absolute Gasteiger partial charge is 0.138 e. The third-order valence-electron chi connectivity index (χ3n) is 2.69. The molecule has 0 saturated heterocycles. The van der Waals surface area contributed by atoms with Crippen molar-refractivity contribution in [3.8, 4) is 5.75 Å². The lowest BCUT2D eigenvalue weighted by molar-refractivity contribution is 0.241. The molecule has 1 aromatic carbocycles. The second-order valence-corrected chi connectivity index (χ2v) is 5.09. The fourth-order valence-electron chi connectivity index (χ4n) is 1.80. The molecule has 0 fully saturated rings. The van der Waals surface area contributed by atoms with E-state index in [0.717, 1.165) is 16.9 Å². The highest BCUT2D eigenvalue weighted by atomic mass is 35.5. The normalized spacial score (nSPS) is 12.5. The summed E-state index contributed by atoms with van der Waals surface area (Å²) in [6, 6.07) is 9.19. The number of aromatic nitrogens is 1. The van der Waals surface area contributed by atoms with Crippen LogP contribution in [0.25, 0.3) is 0 Å². The number of nitrogens with two attached hydrogens (primary N) is 1. The van der Waals surface area contributed by atoms with Gasteiger partial charge < -0.3 is 10.5 Å². The summed E-state index contributed by atoms with van der Waals surface area (Å²) in [5.74, 6) is 0.733. The van der Waals surface area contributed by atoms with Gasteiger partial charge in [-0.15, -0.1) is 0 Å². The van der Waals surface area contributed by atoms with Crippen LogP contribution in [-0.4, -0.2) is 11.1 Å². The Hall–Kier alpha value is -1.58. The van der Waals surface area contributed by atoms with E-state index in [0.29, 0.717) is 5.02 Å². The molecule has 0 saturated carbocycles. The van der Waals surface area contributed by atoms with Gasteiger partial charge >= 0.3 is 0 Å². The molecule has 1 aromatic heterocycles. The van der Waals surface area contributed by atoms with Crippen LogP contribution in [0.5, 0.6) is 5.75 Å². The fraction of sp³-hybridized carbons (Fsp3) is 0.267. The summed E-state index contributed by atoms with van der Waals surface area (Å²) in [6.45, 7) is 3.96. The van der Waals surface area contributed by atoms with Crippen LogP contribution < -0.4 is 10.5 Å². The predicted octanol–water partition coefficient (Wildman–Crippen LogP) is 3.57. The Labute approximate surface area is 118 Å². The van der Waals surface area contributed by atoms with Gasteiger partial charge in [-0.3, -0.25) is 4.98 Å².